The van der Waals surface area contributed by atoms with Crippen molar-refractivity contribution in [3.63, 3.8) is 0 Å². The van der Waals surface area contributed by atoms with Gasteiger partial charge in [0.1, 0.15) is 5.03 Å². The van der Waals surface area contributed by atoms with E-state index in [4.69, 9.17) is 0 Å². The molecule has 0 amide bonds. The van der Waals surface area contributed by atoms with Crippen molar-refractivity contribution in [3.8, 4) is 0 Å². The molecule has 0 aliphatic carbocycles. The maximum Gasteiger partial charge on any atom is 0.101 e. The van der Waals surface area contributed by atoms with Crippen LogP contribution >= 0.6 is 27.7 Å². The van der Waals surface area contributed by atoms with Crippen LogP contribution in [0.2, 0.25) is 0 Å². The number of aromatic nitrogens is 1. The molecule has 1 N–H and O–H groups in total. The first-order chi connectivity index (χ1) is 8.16. The highest BCUT2D eigenvalue weighted by Crippen LogP contribution is 2.32. The third-order valence-corrected chi connectivity index (χ3v) is 4.27. The van der Waals surface area contributed by atoms with Crippen molar-refractivity contribution in [1.29, 1.82) is 0 Å². The Morgan fingerprint density at radius 2 is 2.00 bits per heavy atom. The summed E-state index contributed by atoms with van der Waals surface area (Å²) in [6.45, 7) is 1.73. The maximum absolute atomic E-state index is 9.39. The summed E-state index contributed by atoms with van der Waals surface area (Å²) in [6, 6.07) is 11.9. The van der Waals surface area contributed by atoms with Gasteiger partial charge in [0, 0.05) is 15.6 Å². The summed E-state index contributed by atoms with van der Waals surface area (Å²) in [5.41, 5.74) is 0.835. The lowest BCUT2D eigenvalue weighted by molar-refractivity contribution is 0.198. The Morgan fingerprint density at radius 1 is 1.24 bits per heavy atom. The molecule has 2 nitrogen and oxygen atoms in total. The van der Waals surface area contributed by atoms with Gasteiger partial charge in [-0.25, -0.2) is 4.98 Å². The smallest absolute Gasteiger partial charge is 0.101 e. The van der Waals surface area contributed by atoms with Crippen LogP contribution in [0.25, 0.3) is 0 Å². The molecule has 0 saturated carbocycles. The van der Waals surface area contributed by atoms with Crippen LogP contribution in [-0.2, 0) is 0 Å². The number of rotatable bonds is 3. The SMILES string of the molecule is C[C@@H](O)c1ccc(Sc2ccccc2Br)nc1. The molecule has 2 aromatic rings. The van der Waals surface area contributed by atoms with Gasteiger partial charge in [0.25, 0.3) is 0 Å². The number of aliphatic hydroxyl groups excluding tert-OH is 1. The summed E-state index contributed by atoms with van der Waals surface area (Å²) >= 11 is 5.10. The van der Waals surface area contributed by atoms with Crippen LogP contribution in [0.3, 0.4) is 0 Å². The molecule has 0 radical (unpaired) electrons. The van der Waals surface area contributed by atoms with E-state index in [1.54, 1.807) is 24.9 Å². The molecule has 1 aromatic heterocycles. The zero-order chi connectivity index (χ0) is 12.3. The van der Waals surface area contributed by atoms with E-state index in [9.17, 15) is 5.11 Å². The molecule has 0 fully saturated rings. The molecule has 0 aliphatic heterocycles. The van der Waals surface area contributed by atoms with Gasteiger partial charge in [0.15, 0.2) is 0 Å². The van der Waals surface area contributed by atoms with E-state index in [-0.39, 0.29) is 0 Å². The first kappa shape index (κ1) is 12.6. The van der Waals surface area contributed by atoms with Gasteiger partial charge in [0.2, 0.25) is 0 Å². The molecule has 0 unspecified atom stereocenters. The lowest BCUT2D eigenvalue weighted by atomic mass is 10.2. The van der Waals surface area contributed by atoms with Crippen LogP contribution in [-0.4, -0.2) is 10.1 Å². The molecular weight excluding hydrogens is 298 g/mol. The van der Waals surface area contributed by atoms with Gasteiger partial charge in [-0.3, -0.25) is 0 Å². The number of halogens is 1. The first-order valence-corrected chi connectivity index (χ1v) is 6.84. The van der Waals surface area contributed by atoms with Crippen LogP contribution in [0.5, 0.6) is 0 Å². The highest BCUT2D eigenvalue weighted by molar-refractivity contribution is 9.10. The van der Waals surface area contributed by atoms with E-state index < -0.39 is 6.10 Å². The summed E-state index contributed by atoms with van der Waals surface area (Å²) in [6.07, 6.45) is 1.24. The van der Waals surface area contributed by atoms with Crippen LogP contribution in [0.1, 0.15) is 18.6 Å². The highest BCUT2D eigenvalue weighted by Gasteiger charge is 2.04. The van der Waals surface area contributed by atoms with E-state index in [1.165, 1.54) is 0 Å². The van der Waals surface area contributed by atoms with E-state index >= 15 is 0 Å². The predicted molar refractivity (Wildman–Crippen MR) is 73.1 cm³/mol. The van der Waals surface area contributed by atoms with Gasteiger partial charge < -0.3 is 5.11 Å². The molecule has 0 bridgehead atoms. The van der Waals surface area contributed by atoms with Crippen molar-refractivity contribution in [2.75, 3.05) is 0 Å². The topological polar surface area (TPSA) is 33.1 Å². The second-order valence-corrected chi connectivity index (χ2v) is 5.55. The number of hydrogen-bond donors (Lipinski definition) is 1. The number of nitrogens with zero attached hydrogens (tertiary/aromatic N) is 1. The normalized spacial score (nSPS) is 12.4. The first-order valence-electron chi connectivity index (χ1n) is 5.23. The second-order valence-electron chi connectivity index (χ2n) is 3.64. The molecule has 2 rings (SSSR count). The molecule has 1 atom stereocenters. The van der Waals surface area contributed by atoms with Crippen molar-refractivity contribution in [3.05, 3.63) is 52.6 Å². The van der Waals surface area contributed by atoms with Gasteiger partial charge in [-0.2, -0.15) is 0 Å². The van der Waals surface area contributed by atoms with Crippen LogP contribution in [0.4, 0.5) is 0 Å². The summed E-state index contributed by atoms with van der Waals surface area (Å²) in [7, 11) is 0. The lowest BCUT2D eigenvalue weighted by Gasteiger charge is -2.06. The minimum Gasteiger partial charge on any atom is -0.389 e. The molecule has 17 heavy (non-hydrogen) atoms. The molecule has 0 aliphatic rings. The van der Waals surface area contributed by atoms with Crippen LogP contribution in [0, 0.1) is 0 Å². The standard InChI is InChI=1S/C13H12BrNOS/c1-9(16)10-6-7-13(15-8-10)17-12-5-3-2-4-11(12)14/h2-9,16H,1H3/t9-/m1/s1. The minimum atomic E-state index is -0.468. The molecule has 1 heterocycles. The third-order valence-electron chi connectivity index (χ3n) is 2.29. The lowest BCUT2D eigenvalue weighted by Crippen LogP contribution is -1.92. The van der Waals surface area contributed by atoms with Gasteiger partial charge >= 0.3 is 0 Å². The van der Waals surface area contributed by atoms with Crippen LogP contribution in [0.15, 0.2) is 57.0 Å². The quantitative estimate of drug-likeness (QED) is 0.928. The van der Waals surface area contributed by atoms with Crippen molar-refractivity contribution in [1.82, 2.24) is 4.98 Å². The predicted octanol–water partition coefficient (Wildman–Crippen LogP) is 4.05. The van der Waals surface area contributed by atoms with Gasteiger partial charge in [-0.1, -0.05) is 30.0 Å². The molecule has 88 valence electrons. The average Bonchev–Trinajstić information content (AvgIpc) is 2.33. The molecule has 4 heteroatoms. The number of hydrogen-bond acceptors (Lipinski definition) is 3. The van der Waals surface area contributed by atoms with Crippen molar-refractivity contribution in [2.24, 2.45) is 0 Å². The van der Waals surface area contributed by atoms with Crippen molar-refractivity contribution in [2.45, 2.75) is 22.9 Å². The van der Waals surface area contributed by atoms with Gasteiger partial charge in [-0.15, -0.1) is 0 Å². The molecular formula is C13H12BrNOS. The molecule has 0 spiro atoms. The maximum atomic E-state index is 9.39. The van der Waals surface area contributed by atoms with E-state index in [0.29, 0.717) is 0 Å². The Kier molecular flexibility index (Phi) is 4.20. The van der Waals surface area contributed by atoms with E-state index in [0.717, 1.165) is 20.0 Å². The van der Waals surface area contributed by atoms with Crippen molar-refractivity contribution >= 4 is 27.7 Å². The summed E-state index contributed by atoms with van der Waals surface area (Å²) in [5.74, 6) is 0. The monoisotopic (exact) mass is 309 g/mol. The molecule has 0 saturated heterocycles. The Balaban J connectivity index is 2.17. The largest absolute Gasteiger partial charge is 0.389 e. The number of benzene rings is 1. The van der Waals surface area contributed by atoms with E-state index in [2.05, 4.69) is 20.9 Å². The zero-order valence-corrected chi connectivity index (χ0v) is 11.7. The van der Waals surface area contributed by atoms with Gasteiger partial charge in [-0.05, 0) is 46.6 Å². The Bertz CT molecular complexity index is 499. The van der Waals surface area contributed by atoms with Crippen LogP contribution < -0.4 is 0 Å². The Morgan fingerprint density at radius 3 is 2.59 bits per heavy atom. The highest BCUT2D eigenvalue weighted by atomic mass is 79.9. The number of aliphatic hydroxyl groups is 1. The summed E-state index contributed by atoms with van der Waals surface area (Å²) in [5, 5.41) is 10.3. The van der Waals surface area contributed by atoms with Crippen molar-refractivity contribution < 1.29 is 5.11 Å². The zero-order valence-electron chi connectivity index (χ0n) is 9.30. The Hall–Kier alpha value is -0.840. The fourth-order valence-electron chi connectivity index (χ4n) is 1.34. The average molecular weight is 310 g/mol. The fourth-order valence-corrected chi connectivity index (χ4v) is 2.65. The Labute approximate surface area is 113 Å². The minimum absolute atomic E-state index is 0.468. The number of pyridine rings is 1. The molecule has 1 aromatic carbocycles. The van der Waals surface area contributed by atoms with E-state index in [1.807, 2.05) is 36.4 Å². The third kappa shape index (κ3) is 3.31. The second kappa shape index (κ2) is 5.67. The van der Waals surface area contributed by atoms with Gasteiger partial charge in [0.05, 0.1) is 6.10 Å². The fraction of sp³-hybridized carbons (Fsp3) is 0.154. The summed E-state index contributed by atoms with van der Waals surface area (Å²) in [4.78, 5) is 5.45. The summed E-state index contributed by atoms with van der Waals surface area (Å²) < 4.78 is 1.06.